The van der Waals surface area contributed by atoms with Crippen LogP contribution in [0.1, 0.15) is 38.1 Å². The van der Waals surface area contributed by atoms with Gasteiger partial charge in [0.15, 0.2) is 8.32 Å². The summed E-state index contributed by atoms with van der Waals surface area (Å²) in [6, 6.07) is 0. The largest absolute Gasteiger partial charge is 0.478 e. The zero-order chi connectivity index (χ0) is 17.3. The van der Waals surface area contributed by atoms with E-state index >= 15 is 0 Å². The summed E-state index contributed by atoms with van der Waals surface area (Å²) >= 11 is 12.5. The van der Waals surface area contributed by atoms with E-state index in [4.69, 9.17) is 28.2 Å². The van der Waals surface area contributed by atoms with E-state index in [-0.39, 0.29) is 21.7 Å². The van der Waals surface area contributed by atoms with Crippen LogP contribution < -0.4 is 5.32 Å². The summed E-state index contributed by atoms with van der Waals surface area (Å²) < 4.78 is 6.20. The van der Waals surface area contributed by atoms with Crippen molar-refractivity contribution in [1.29, 1.82) is 0 Å². The summed E-state index contributed by atoms with van der Waals surface area (Å²) in [6.45, 7) is 12.6. The number of aromatic carboxylic acids is 1. The van der Waals surface area contributed by atoms with Gasteiger partial charge in [-0.2, -0.15) is 0 Å². The second-order valence-corrected chi connectivity index (χ2v) is 13.1. The highest BCUT2D eigenvalue weighted by atomic mass is 35.5. The van der Waals surface area contributed by atoms with Gasteiger partial charge in [0.2, 0.25) is 0 Å². The number of halogens is 1. The molecular weight excluding hydrogens is 358 g/mol. The van der Waals surface area contributed by atoms with Crippen molar-refractivity contribution >= 4 is 59.4 Å². The van der Waals surface area contributed by atoms with Gasteiger partial charge in [0.1, 0.15) is 15.6 Å². The summed E-state index contributed by atoms with van der Waals surface area (Å²) in [5, 5.41) is 14.5. The van der Waals surface area contributed by atoms with E-state index < -0.39 is 14.3 Å². The molecule has 0 aliphatic rings. The van der Waals surface area contributed by atoms with Crippen LogP contribution in [0.5, 0.6) is 0 Å². The Labute approximate surface area is 147 Å². The molecule has 2 N–H and O–H groups in total. The number of carboxylic acid groups (broad SMARTS) is 1. The number of hydrogen-bond donors (Lipinski definition) is 2. The molecule has 1 heterocycles. The molecule has 0 spiro atoms. The molecule has 0 aliphatic heterocycles. The van der Waals surface area contributed by atoms with Gasteiger partial charge in [-0.3, -0.25) is 0 Å². The fourth-order valence-electron chi connectivity index (χ4n) is 1.51. The Morgan fingerprint density at radius 1 is 1.50 bits per heavy atom. The molecule has 1 rings (SSSR count). The Hall–Kier alpha value is -0.473. The maximum atomic E-state index is 11.2. The van der Waals surface area contributed by atoms with Gasteiger partial charge in [-0.15, -0.1) is 11.3 Å². The number of carboxylic acids is 1. The molecule has 0 aliphatic carbocycles. The van der Waals surface area contributed by atoms with Gasteiger partial charge in [-0.1, -0.05) is 44.6 Å². The van der Waals surface area contributed by atoms with Gasteiger partial charge in [0.25, 0.3) is 0 Å². The first kappa shape index (κ1) is 19.6. The lowest BCUT2D eigenvalue weighted by Crippen LogP contribution is -2.45. The van der Waals surface area contributed by atoms with E-state index in [1.807, 2.05) is 6.92 Å². The van der Waals surface area contributed by atoms with E-state index in [2.05, 4.69) is 39.2 Å². The molecule has 0 saturated carbocycles. The minimum Gasteiger partial charge on any atom is -0.478 e. The number of carbonyl (C=O) groups is 1. The van der Waals surface area contributed by atoms with Gasteiger partial charge in [-0.05, 0) is 25.1 Å². The topological polar surface area (TPSA) is 58.6 Å². The minimum atomic E-state index is -1.94. The highest BCUT2D eigenvalue weighted by molar-refractivity contribution is 7.80. The second-order valence-electron chi connectivity index (χ2n) is 6.60. The third kappa shape index (κ3) is 4.52. The molecule has 0 fully saturated rings. The molecule has 1 aromatic heterocycles. The minimum absolute atomic E-state index is 0.0496. The van der Waals surface area contributed by atoms with Gasteiger partial charge < -0.3 is 14.8 Å². The third-order valence-corrected chi connectivity index (χ3v) is 10.2. The molecule has 8 heteroatoms. The van der Waals surface area contributed by atoms with E-state index in [9.17, 15) is 9.90 Å². The molecule has 0 saturated heterocycles. The Balaban J connectivity index is 2.84. The van der Waals surface area contributed by atoms with Crippen molar-refractivity contribution in [2.24, 2.45) is 0 Å². The molecule has 1 aromatic rings. The average molecular weight is 380 g/mol. The van der Waals surface area contributed by atoms with Gasteiger partial charge in [0, 0.05) is 5.38 Å². The van der Waals surface area contributed by atoms with Crippen LogP contribution in [0.3, 0.4) is 0 Å². The molecule has 0 amide bonds. The summed E-state index contributed by atoms with van der Waals surface area (Å²) in [7, 11) is -1.94. The maximum absolute atomic E-state index is 11.2. The van der Waals surface area contributed by atoms with E-state index in [0.29, 0.717) is 9.99 Å². The number of thiophene rings is 1. The summed E-state index contributed by atoms with van der Waals surface area (Å²) in [4.78, 5) is 11.7. The monoisotopic (exact) mass is 379 g/mol. The lowest BCUT2D eigenvalue weighted by molar-refractivity contribution is 0.0698. The van der Waals surface area contributed by atoms with Crippen LogP contribution in [-0.2, 0) is 4.43 Å². The molecule has 4 nitrogen and oxygen atoms in total. The first-order valence-corrected chi connectivity index (χ1v) is 11.4. The smallest absolute Gasteiger partial charge is 0.340 e. The van der Waals surface area contributed by atoms with Crippen LogP contribution in [0, 0.1) is 0 Å². The molecule has 0 bridgehead atoms. The Bertz CT molecular complexity index is 581. The van der Waals surface area contributed by atoms with Crippen LogP contribution in [-0.4, -0.2) is 30.5 Å². The highest BCUT2D eigenvalue weighted by Crippen LogP contribution is 2.38. The summed E-state index contributed by atoms with van der Waals surface area (Å²) in [5.74, 6) is -1.07. The maximum Gasteiger partial charge on any atom is 0.340 e. The number of anilines is 1. The fourth-order valence-corrected chi connectivity index (χ4v) is 4.36. The van der Waals surface area contributed by atoms with Crippen molar-refractivity contribution in [3.05, 3.63) is 16.0 Å². The number of thiocarbonyl (C=S) groups is 1. The fraction of sp³-hybridized carbons (Fsp3) is 0.571. The van der Waals surface area contributed by atoms with Crippen LogP contribution in [0.25, 0.3) is 0 Å². The van der Waals surface area contributed by atoms with Crippen LogP contribution in [0.2, 0.25) is 23.2 Å². The Kier molecular flexibility index (Phi) is 6.20. The van der Waals surface area contributed by atoms with Crippen LogP contribution in [0.15, 0.2) is 5.38 Å². The lowest BCUT2D eigenvalue weighted by Gasteiger charge is -2.38. The molecule has 0 aromatic carbocycles. The number of nitrogens with one attached hydrogen (secondary N) is 1. The van der Waals surface area contributed by atoms with Gasteiger partial charge >= 0.3 is 5.97 Å². The normalized spacial score (nSPS) is 13.8. The number of hydrogen-bond acceptors (Lipinski definition) is 4. The molecule has 22 heavy (non-hydrogen) atoms. The van der Waals surface area contributed by atoms with Crippen molar-refractivity contribution in [2.75, 3.05) is 5.32 Å². The molecule has 1 atom stereocenters. The van der Waals surface area contributed by atoms with Crippen LogP contribution >= 0.6 is 35.2 Å². The predicted molar refractivity (Wildman–Crippen MR) is 100 cm³/mol. The van der Waals surface area contributed by atoms with E-state index in [0.717, 1.165) is 0 Å². The van der Waals surface area contributed by atoms with Gasteiger partial charge in [0.05, 0.1) is 11.1 Å². The average Bonchev–Trinajstić information content (AvgIpc) is 2.68. The van der Waals surface area contributed by atoms with Crippen molar-refractivity contribution < 1.29 is 14.3 Å². The highest BCUT2D eigenvalue weighted by Gasteiger charge is 2.39. The van der Waals surface area contributed by atoms with Crippen LogP contribution in [0.4, 0.5) is 5.00 Å². The quantitative estimate of drug-likeness (QED) is 0.540. The van der Waals surface area contributed by atoms with Crippen molar-refractivity contribution in [3.8, 4) is 0 Å². The first-order valence-electron chi connectivity index (χ1n) is 6.86. The Morgan fingerprint density at radius 2 is 2.05 bits per heavy atom. The van der Waals surface area contributed by atoms with E-state index in [1.54, 1.807) is 5.38 Å². The van der Waals surface area contributed by atoms with Crippen molar-refractivity contribution in [1.82, 2.24) is 0 Å². The first-order chi connectivity index (χ1) is 9.86. The van der Waals surface area contributed by atoms with Crippen molar-refractivity contribution in [3.63, 3.8) is 0 Å². The standard InChI is InChI=1S/C14H22ClNO3S2Si/c1-8(19-22(5,6)14(2,3)4)11(20)16-12-10(13(17)18)9(15)7-21-12/h7-8H,1-6H3,(H,16,20)(H,17,18)/t8-/m0/s1. The predicted octanol–water partition coefficient (Wildman–Crippen LogP) is 5.25. The number of rotatable bonds is 5. The third-order valence-electron chi connectivity index (χ3n) is 3.84. The summed E-state index contributed by atoms with van der Waals surface area (Å²) in [5.41, 5.74) is 0.0496. The molecule has 0 radical (unpaired) electrons. The molecule has 124 valence electrons. The molecule has 0 unspecified atom stereocenters. The zero-order valence-corrected chi connectivity index (χ0v) is 17.0. The van der Waals surface area contributed by atoms with Crippen molar-refractivity contribution in [2.45, 2.75) is 51.9 Å². The summed E-state index contributed by atoms with van der Waals surface area (Å²) in [6.07, 6.45) is -0.293. The van der Waals surface area contributed by atoms with E-state index in [1.165, 1.54) is 11.3 Å². The SMILES string of the molecule is C[C@H](O[Si](C)(C)C(C)(C)C)C(=S)Nc1scc(Cl)c1C(=O)O. The van der Waals surface area contributed by atoms with Gasteiger partial charge in [-0.25, -0.2) is 4.79 Å². The molecular formula is C14H22ClNO3S2Si. The lowest BCUT2D eigenvalue weighted by atomic mass is 10.2. The Morgan fingerprint density at radius 3 is 2.50 bits per heavy atom. The second kappa shape index (κ2) is 6.96. The zero-order valence-electron chi connectivity index (χ0n) is 13.6.